The van der Waals surface area contributed by atoms with Crippen molar-refractivity contribution in [2.24, 2.45) is 0 Å². The smallest absolute Gasteiger partial charge is 0.407 e. The highest BCUT2D eigenvalue weighted by Crippen LogP contribution is 2.33. The van der Waals surface area contributed by atoms with Gasteiger partial charge in [0.2, 0.25) is 0 Å². The second-order valence-corrected chi connectivity index (χ2v) is 8.02. The molecule has 6 nitrogen and oxygen atoms in total. The minimum atomic E-state index is -0.377. The highest BCUT2D eigenvalue weighted by molar-refractivity contribution is 7.99. The van der Waals surface area contributed by atoms with E-state index in [1.54, 1.807) is 0 Å². The van der Waals surface area contributed by atoms with Gasteiger partial charge in [-0.3, -0.25) is 4.57 Å². The molecule has 1 amide bonds. The highest BCUT2D eigenvalue weighted by Gasteiger charge is 2.25. The number of amides is 1. The van der Waals surface area contributed by atoms with E-state index < -0.39 is 0 Å². The van der Waals surface area contributed by atoms with Gasteiger partial charge in [-0.25, -0.2) is 4.79 Å². The predicted molar refractivity (Wildman–Crippen MR) is 110 cm³/mol. The first-order valence-corrected chi connectivity index (χ1v) is 10.2. The number of benzene rings is 2. The molecule has 2 heterocycles. The average Bonchev–Trinajstić information content (AvgIpc) is 3.28. The van der Waals surface area contributed by atoms with Crippen molar-refractivity contribution in [1.29, 1.82) is 0 Å². The van der Waals surface area contributed by atoms with Crippen LogP contribution in [0.3, 0.4) is 0 Å². The molecule has 0 saturated carbocycles. The number of hydrogen-bond donors (Lipinski definition) is 1. The Morgan fingerprint density at radius 2 is 2.07 bits per heavy atom. The Bertz CT molecular complexity index is 1040. The van der Waals surface area contributed by atoms with Crippen LogP contribution in [0, 0.1) is 13.8 Å². The summed E-state index contributed by atoms with van der Waals surface area (Å²) in [5.41, 5.74) is 4.07. The Labute approximate surface area is 172 Å². The lowest BCUT2D eigenvalue weighted by molar-refractivity contribution is 0.150. The van der Waals surface area contributed by atoms with E-state index in [0.29, 0.717) is 23.1 Å². The average molecular weight is 415 g/mol. The van der Waals surface area contributed by atoms with Gasteiger partial charge in [0, 0.05) is 11.3 Å². The number of hydrogen-bond acceptors (Lipinski definition) is 5. The number of nitrogens with zero attached hydrogens (tertiary/aromatic N) is 3. The zero-order valence-corrected chi connectivity index (χ0v) is 17.0. The number of halogens is 1. The lowest BCUT2D eigenvalue weighted by Crippen LogP contribution is -2.17. The second kappa shape index (κ2) is 7.85. The molecule has 28 heavy (non-hydrogen) atoms. The molecule has 0 spiro atoms. The monoisotopic (exact) mass is 414 g/mol. The first kappa shape index (κ1) is 18.8. The van der Waals surface area contributed by atoms with Crippen LogP contribution >= 0.6 is 23.4 Å². The van der Waals surface area contributed by atoms with Gasteiger partial charge in [0.25, 0.3) is 0 Å². The third-order valence-corrected chi connectivity index (χ3v) is 5.89. The van der Waals surface area contributed by atoms with Gasteiger partial charge in [-0.1, -0.05) is 47.6 Å². The first-order chi connectivity index (χ1) is 13.5. The van der Waals surface area contributed by atoms with E-state index in [4.69, 9.17) is 16.3 Å². The Morgan fingerprint density at radius 3 is 2.82 bits per heavy atom. The molecule has 3 aromatic rings. The van der Waals surface area contributed by atoms with E-state index >= 15 is 0 Å². The van der Waals surface area contributed by atoms with E-state index in [9.17, 15) is 4.79 Å². The summed E-state index contributed by atoms with van der Waals surface area (Å²) in [6, 6.07) is 13.9. The van der Waals surface area contributed by atoms with Crippen LogP contribution in [0.2, 0.25) is 5.02 Å². The highest BCUT2D eigenvalue weighted by atomic mass is 35.5. The molecule has 1 atom stereocenters. The minimum absolute atomic E-state index is 0.190. The summed E-state index contributed by atoms with van der Waals surface area (Å²) in [7, 11) is 0. The summed E-state index contributed by atoms with van der Waals surface area (Å²) in [5.74, 6) is 1.27. The summed E-state index contributed by atoms with van der Waals surface area (Å²) >= 11 is 7.95. The zero-order valence-electron chi connectivity index (χ0n) is 15.5. The number of ether oxygens (including phenoxy) is 1. The van der Waals surface area contributed by atoms with Crippen molar-refractivity contribution in [2.75, 3.05) is 12.3 Å². The zero-order chi connectivity index (χ0) is 19.7. The van der Waals surface area contributed by atoms with Crippen LogP contribution in [0.15, 0.2) is 47.6 Å². The molecule has 1 N–H and O–H groups in total. The number of thioether (sulfide) groups is 1. The molecule has 144 valence electrons. The van der Waals surface area contributed by atoms with Crippen LogP contribution in [0.5, 0.6) is 0 Å². The number of nitrogens with one attached hydrogen (secondary N) is 1. The van der Waals surface area contributed by atoms with Crippen molar-refractivity contribution in [2.45, 2.75) is 25.1 Å². The maximum absolute atomic E-state index is 11.3. The normalized spacial score (nSPS) is 16.1. The van der Waals surface area contributed by atoms with Gasteiger partial charge in [-0.15, -0.1) is 10.2 Å². The number of carbonyl (C=O) groups is 1. The van der Waals surface area contributed by atoms with Gasteiger partial charge >= 0.3 is 6.09 Å². The van der Waals surface area contributed by atoms with Gasteiger partial charge in [0.15, 0.2) is 11.0 Å². The van der Waals surface area contributed by atoms with E-state index in [1.807, 2.05) is 28.8 Å². The number of rotatable bonds is 5. The van der Waals surface area contributed by atoms with E-state index in [-0.39, 0.29) is 12.2 Å². The SMILES string of the molecule is Cc1ccc(C)c(-n2c(SC[C@H]3CNC(=O)O3)nnc2-c2ccccc2Cl)c1. The largest absolute Gasteiger partial charge is 0.443 e. The standard InChI is InChI=1S/C20H19ClN4O2S/c1-12-7-8-13(2)17(9-12)25-18(15-5-3-4-6-16(15)21)23-24-19(25)28-11-14-10-22-20(26)27-14/h3-9,14H,10-11H2,1-2H3,(H,22,26)/t14-/m1/s1. The fourth-order valence-corrected chi connectivity index (χ4v) is 4.20. The lowest BCUT2D eigenvalue weighted by atomic mass is 10.1. The van der Waals surface area contributed by atoms with Crippen LogP contribution < -0.4 is 5.32 Å². The van der Waals surface area contributed by atoms with Crippen LogP contribution in [0.4, 0.5) is 4.79 Å². The van der Waals surface area contributed by atoms with Gasteiger partial charge in [-0.2, -0.15) is 0 Å². The van der Waals surface area contributed by atoms with Crippen molar-refractivity contribution in [3.05, 3.63) is 58.6 Å². The van der Waals surface area contributed by atoms with Crippen LogP contribution in [0.1, 0.15) is 11.1 Å². The third-order valence-electron chi connectivity index (χ3n) is 4.50. The molecular formula is C20H19ClN4O2S. The van der Waals surface area contributed by atoms with E-state index in [2.05, 4.69) is 47.6 Å². The van der Waals surface area contributed by atoms with Crippen LogP contribution in [-0.4, -0.2) is 39.3 Å². The first-order valence-electron chi connectivity index (χ1n) is 8.88. The summed E-state index contributed by atoms with van der Waals surface area (Å²) in [6.07, 6.45) is -0.566. The number of aromatic nitrogens is 3. The van der Waals surface area contributed by atoms with Crippen LogP contribution in [-0.2, 0) is 4.74 Å². The molecule has 1 fully saturated rings. The molecule has 1 aliphatic heterocycles. The quantitative estimate of drug-likeness (QED) is 0.626. The molecule has 8 heteroatoms. The molecule has 0 bridgehead atoms. The van der Waals surface area contributed by atoms with Gasteiger partial charge in [0.05, 0.1) is 17.3 Å². The molecule has 4 rings (SSSR count). The summed E-state index contributed by atoms with van der Waals surface area (Å²) in [6.45, 7) is 4.61. The lowest BCUT2D eigenvalue weighted by Gasteiger charge is -2.15. The van der Waals surface area contributed by atoms with Crippen molar-refractivity contribution >= 4 is 29.5 Å². The predicted octanol–water partition coefficient (Wildman–Crippen LogP) is 4.41. The Morgan fingerprint density at radius 1 is 1.25 bits per heavy atom. The van der Waals surface area contributed by atoms with Crippen molar-refractivity contribution in [3.8, 4) is 17.1 Å². The summed E-state index contributed by atoms with van der Waals surface area (Å²) in [5, 5.41) is 12.9. The van der Waals surface area contributed by atoms with Crippen molar-refractivity contribution in [3.63, 3.8) is 0 Å². The molecule has 2 aromatic carbocycles. The van der Waals surface area contributed by atoms with Gasteiger partial charge < -0.3 is 10.1 Å². The number of cyclic esters (lactones) is 1. The van der Waals surface area contributed by atoms with Gasteiger partial charge in [-0.05, 0) is 43.2 Å². The fourth-order valence-electron chi connectivity index (χ4n) is 3.05. The molecule has 0 unspecified atom stereocenters. The van der Waals surface area contributed by atoms with Crippen molar-refractivity contribution in [1.82, 2.24) is 20.1 Å². The number of aryl methyl sites for hydroxylation is 2. The second-order valence-electron chi connectivity index (χ2n) is 6.63. The maximum Gasteiger partial charge on any atom is 0.407 e. The molecule has 0 aliphatic carbocycles. The fraction of sp³-hybridized carbons (Fsp3) is 0.250. The Balaban J connectivity index is 1.77. The molecule has 1 saturated heterocycles. The minimum Gasteiger partial charge on any atom is -0.443 e. The molecule has 0 radical (unpaired) electrons. The third kappa shape index (κ3) is 3.72. The number of alkyl carbamates (subject to hydrolysis) is 1. The van der Waals surface area contributed by atoms with E-state index in [0.717, 1.165) is 27.5 Å². The molecule has 1 aliphatic rings. The summed E-state index contributed by atoms with van der Waals surface area (Å²) in [4.78, 5) is 11.3. The molecule has 1 aromatic heterocycles. The number of carbonyl (C=O) groups excluding carboxylic acids is 1. The van der Waals surface area contributed by atoms with Gasteiger partial charge in [0.1, 0.15) is 6.10 Å². The summed E-state index contributed by atoms with van der Waals surface area (Å²) < 4.78 is 7.26. The van der Waals surface area contributed by atoms with Crippen LogP contribution in [0.25, 0.3) is 17.1 Å². The van der Waals surface area contributed by atoms with E-state index in [1.165, 1.54) is 11.8 Å². The molecular weight excluding hydrogens is 396 g/mol. The van der Waals surface area contributed by atoms with Crippen molar-refractivity contribution < 1.29 is 9.53 Å². The Kier molecular flexibility index (Phi) is 5.28. The maximum atomic E-state index is 11.3. The Hall–Kier alpha value is -2.51. The topological polar surface area (TPSA) is 69.0 Å².